The van der Waals surface area contributed by atoms with Gasteiger partial charge < -0.3 is 0 Å². The van der Waals surface area contributed by atoms with Gasteiger partial charge in [0, 0.05) is 18.0 Å². The second-order valence-corrected chi connectivity index (χ2v) is 10.9. The van der Waals surface area contributed by atoms with Gasteiger partial charge in [0.1, 0.15) is 0 Å². The van der Waals surface area contributed by atoms with Crippen molar-refractivity contribution in [3.05, 3.63) is 151 Å². The molecule has 0 bridgehead atoms. The summed E-state index contributed by atoms with van der Waals surface area (Å²) in [5, 5.41) is 16.7. The van der Waals surface area contributed by atoms with Crippen LogP contribution in [-0.4, -0.2) is 9.97 Å². The predicted molar refractivity (Wildman–Crippen MR) is 178 cm³/mol. The van der Waals surface area contributed by atoms with Crippen molar-refractivity contribution in [1.82, 2.24) is 9.97 Å². The number of hydrogen-bond donors (Lipinski definition) is 0. The smallest absolute Gasteiger partial charge is 0.190 e. The predicted octanol–water partition coefficient (Wildman–Crippen LogP) is 10.5. The molecule has 0 unspecified atom stereocenters. The minimum atomic E-state index is 0.587. The molecule has 44 heavy (non-hydrogen) atoms. The van der Waals surface area contributed by atoms with Crippen LogP contribution in [0.4, 0.5) is 5.69 Å². The third-order valence-electron chi connectivity index (χ3n) is 8.41. The van der Waals surface area contributed by atoms with E-state index in [0.717, 1.165) is 33.6 Å². The van der Waals surface area contributed by atoms with E-state index in [9.17, 15) is 5.26 Å². The molecular formula is C40H22N4. The molecule has 2 heterocycles. The van der Waals surface area contributed by atoms with Crippen molar-refractivity contribution in [3.8, 4) is 50.8 Å². The molecule has 8 aromatic rings. The summed E-state index contributed by atoms with van der Waals surface area (Å²) in [5.74, 6) is 0. The number of rotatable bonds is 4. The van der Waals surface area contributed by atoms with Gasteiger partial charge in [0.2, 0.25) is 0 Å². The summed E-state index contributed by atoms with van der Waals surface area (Å²) in [4.78, 5) is 12.5. The van der Waals surface area contributed by atoms with E-state index in [1.54, 1.807) is 24.5 Å². The van der Waals surface area contributed by atoms with E-state index in [1.807, 2.05) is 12.1 Å². The van der Waals surface area contributed by atoms with Crippen molar-refractivity contribution < 1.29 is 0 Å². The van der Waals surface area contributed by atoms with E-state index in [0.29, 0.717) is 11.3 Å². The van der Waals surface area contributed by atoms with Gasteiger partial charge in [0.05, 0.1) is 29.6 Å². The first-order chi connectivity index (χ1) is 21.7. The van der Waals surface area contributed by atoms with Crippen LogP contribution in [0.3, 0.4) is 0 Å². The van der Waals surface area contributed by atoms with Crippen LogP contribution in [0.5, 0.6) is 0 Å². The third kappa shape index (κ3) is 4.14. The molecule has 2 aromatic heterocycles. The SMILES string of the molecule is [C-]#[N+]c1ccnc(-c2ccc(-c3ccc4ccc5c(-c6ccc(-c7cc(C#N)ccn7)cc6)ccc6ccc3c4c65)cc2)c1. The van der Waals surface area contributed by atoms with Crippen LogP contribution in [-0.2, 0) is 0 Å². The van der Waals surface area contributed by atoms with Crippen molar-refractivity contribution in [2.75, 3.05) is 0 Å². The molecule has 0 aliphatic heterocycles. The lowest BCUT2D eigenvalue weighted by atomic mass is 9.87. The Kier molecular flexibility index (Phi) is 5.86. The Morgan fingerprint density at radius 1 is 0.523 bits per heavy atom. The molecular weight excluding hydrogens is 536 g/mol. The molecule has 4 heteroatoms. The van der Waals surface area contributed by atoms with Gasteiger partial charge in [0.25, 0.3) is 0 Å². The van der Waals surface area contributed by atoms with Gasteiger partial charge in [-0.3, -0.25) is 9.97 Å². The van der Waals surface area contributed by atoms with Crippen LogP contribution in [0.2, 0.25) is 0 Å². The fourth-order valence-corrected chi connectivity index (χ4v) is 6.25. The van der Waals surface area contributed by atoms with Crippen molar-refractivity contribution in [3.63, 3.8) is 0 Å². The first-order valence-electron chi connectivity index (χ1n) is 14.3. The number of aromatic nitrogens is 2. The molecule has 0 aliphatic carbocycles. The summed E-state index contributed by atoms with van der Waals surface area (Å²) in [6.45, 7) is 7.32. The van der Waals surface area contributed by atoms with Crippen LogP contribution < -0.4 is 0 Å². The summed E-state index contributed by atoms with van der Waals surface area (Å²) in [7, 11) is 0. The van der Waals surface area contributed by atoms with Gasteiger partial charge in [0.15, 0.2) is 5.69 Å². The minimum absolute atomic E-state index is 0.587. The van der Waals surface area contributed by atoms with Gasteiger partial charge in [-0.25, -0.2) is 4.85 Å². The maximum absolute atomic E-state index is 9.28. The number of benzene rings is 6. The highest BCUT2D eigenvalue weighted by molar-refractivity contribution is 6.27. The molecule has 6 aromatic carbocycles. The quantitative estimate of drug-likeness (QED) is 0.159. The van der Waals surface area contributed by atoms with Gasteiger partial charge in [-0.15, -0.1) is 0 Å². The van der Waals surface area contributed by atoms with E-state index in [-0.39, 0.29) is 0 Å². The molecule has 202 valence electrons. The van der Waals surface area contributed by atoms with Gasteiger partial charge in [-0.2, -0.15) is 5.26 Å². The van der Waals surface area contributed by atoms with Crippen LogP contribution in [0, 0.1) is 17.9 Å². The zero-order valence-corrected chi connectivity index (χ0v) is 23.5. The Hall–Kier alpha value is -6.36. The van der Waals surface area contributed by atoms with Gasteiger partial charge in [-0.1, -0.05) is 97.1 Å². The summed E-state index contributed by atoms with van der Waals surface area (Å²) in [6.07, 6.45) is 3.37. The number of pyridine rings is 2. The van der Waals surface area contributed by atoms with Crippen LogP contribution in [0.25, 0.3) is 81.9 Å². The molecule has 0 fully saturated rings. The lowest BCUT2D eigenvalue weighted by Gasteiger charge is -2.17. The maximum atomic E-state index is 9.28. The Bertz CT molecular complexity index is 2270. The lowest BCUT2D eigenvalue weighted by Crippen LogP contribution is -1.90. The van der Waals surface area contributed by atoms with E-state index in [2.05, 4.69) is 118 Å². The Labute approximate surface area is 254 Å². The highest BCUT2D eigenvalue weighted by Gasteiger charge is 2.15. The molecule has 0 atom stereocenters. The summed E-state index contributed by atoms with van der Waals surface area (Å²) < 4.78 is 0. The Balaban J connectivity index is 1.23. The standard InChI is InChI=1S/C40H22N4/c1-42-32-19-21-44-38(23-32)29-8-4-27(5-9-29)34-15-11-31-12-16-35-33(14-10-30-13-17-36(34)40(31)39(30)35)26-2-6-28(7-3-26)37-22-25(24-41)18-20-43-37/h2-23H. The molecule has 4 nitrogen and oxygen atoms in total. The Morgan fingerprint density at radius 2 is 1.00 bits per heavy atom. The average molecular weight is 559 g/mol. The molecule has 0 saturated heterocycles. The van der Waals surface area contributed by atoms with Crippen molar-refractivity contribution in [1.29, 1.82) is 5.26 Å². The number of nitriles is 1. The van der Waals surface area contributed by atoms with Crippen molar-refractivity contribution in [2.24, 2.45) is 0 Å². The molecule has 0 aliphatic rings. The monoisotopic (exact) mass is 558 g/mol. The van der Waals surface area contributed by atoms with Crippen LogP contribution in [0.1, 0.15) is 5.56 Å². The molecule has 0 saturated carbocycles. The van der Waals surface area contributed by atoms with E-state index in [4.69, 9.17) is 6.57 Å². The topological polar surface area (TPSA) is 53.9 Å². The molecule has 0 N–H and O–H groups in total. The highest BCUT2D eigenvalue weighted by Crippen LogP contribution is 2.42. The molecule has 0 spiro atoms. The van der Waals surface area contributed by atoms with E-state index >= 15 is 0 Å². The molecule has 0 radical (unpaired) electrons. The number of nitrogens with zero attached hydrogens (tertiary/aromatic N) is 4. The van der Waals surface area contributed by atoms with Gasteiger partial charge >= 0.3 is 0 Å². The summed E-state index contributed by atoms with van der Waals surface area (Å²) in [5.41, 5.74) is 9.38. The largest absolute Gasteiger partial charge is 0.259 e. The molecule has 0 amide bonds. The first-order valence-corrected chi connectivity index (χ1v) is 14.3. The van der Waals surface area contributed by atoms with Crippen molar-refractivity contribution >= 4 is 38.0 Å². The minimum Gasteiger partial charge on any atom is -0.259 e. The average Bonchev–Trinajstić information content (AvgIpc) is 3.10. The second kappa shape index (κ2) is 10.2. The van der Waals surface area contributed by atoms with Crippen LogP contribution in [0.15, 0.2) is 134 Å². The fourth-order valence-electron chi connectivity index (χ4n) is 6.25. The third-order valence-corrected chi connectivity index (χ3v) is 8.41. The van der Waals surface area contributed by atoms with E-state index < -0.39 is 0 Å². The van der Waals surface area contributed by atoms with Gasteiger partial charge in [-0.05, 0) is 84.4 Å². The lowest BCUT2D eigenvalue weighted by molar-refractivity contribution is 1.31. The fraction of sp³-hybridized carbons (Fsp3) is 0. The zero-order chi connectivity index (χ0) is 29.6. The second-order valence-electron chi connectivity index (χ2n) is 10.9. The van der Waals surface area contributed by atoms with Crippen LogP contribution >= 0.6 is 0 Å². The Morgan fingerprint density at radius 3 is 1.52 bits per heavy atom. The highest BCUT2D eigenvalue weighted by atomic mass is 14.7. The van der Waals surface area contributed by atoms with Crippen molar-refractivity contribution in [2.45, 2.75) is 0 Å². The van der Waals surface area contributed by atoms with E-state index in [1.165, 1.54) is 43.4 Å². The first kappa shape index (κ1) is 25.4. The summed E-state index contributed by atoms with van der Waals surface area (Å²) in [6, 6.07) is 43.9. The maximum Gasteiger partial charge on any atom is 0.190 e. The molecule has 8 rings (SSSR count). The normalized spacial score (nSPS) is 11.1. The number of hydrogen-bond acceptors (Lipinski definition) is 3. The zero-order valence-electron chi connectivity index (χ0n) is 23.5. The summed E-state index contributed by atoms with van der Waals surface area (Å²) >= 11 is 0.